The number of amides is 1. The van der Waals surface area contributed by atoms with Gasteiger partial charge in [-0.3, -0.25) is 14.6 Å². The summed E-state index contributed by atoms with van der Waals surface area (Å²) >= 11 is 6.11. The van der Waals surface area contributed by atoms with Crippen LogP contribution in [0, 0.1) is 23.5 Å². The smallest absolute Gasteiger partial charge is 0.249 e. The molecule has 0 spiro atoms. The normalized spacial score (nSPS) is 23.7. The highest BCUT2D eigenvalue weighted by Gasteiger charge is 2.37. The zero-order chi connectivity index (χ0) is 22.2. The minimum atomic E-state index is -0.645. The molecule has 0 N–H and O–H groups in total. The maximum absolute atomic E-state index is 13.7. The second-order valence-electron chi connectivity index (χ2n) is 8.75. The molecular weight excluding hydrogens is 436 g/mol. The molecule has 1 amide bonds. The van der Waals surface area contributed by atoms with Crippen LogP contribution in [0.5, 0.6) is 0 Å². The average molecular weight is 460 g/mol. The molecule has 1 aliphatic carbocycles. The lowest BCUT2D eigenvalue weighted by Gasteiger charge is -2.32. The first-order valence-electron chi connectivity index (χ1n) is 11.0. The van der Waals surface area contributed by atoms with E-state index in [4.69, 9.17) is 16.4 Å². The quantitative estimate of drug-likeness (QED) is 0.504. The lowest BCUT2D eigenvalue weighted by Crippen LogP contribution is -2.37. The number of nitrogens with zero attached hydrogens (tertiary/aromatic N) is 3. The van der Waals surface area contributed by atoms with Gasteiger partial charge in [-0.2, -0.15) is 0 Å². The van der Waals surface area contributed by atoms with E-state index in [1.165, 1.54) is 17.2 Å². The van der Waals surface area contributed by atoms with Gasteiger partial charge < -0.3 is 4.57 Å². The summed E-state index contributed by atoms with van der Waals surface area (Å²) in [5.41, 5.74) is 2.38. The molecule has 2 aromatic heterocycles. The van der Waals surface area contributed by atoms with Crippen molar-refractivity contribution >= 4 is 28.5 Å². The van der Waals surface area contributed by atoms with E-state index in [1.807, 2.05) is 18.3 Å². The topological polar surface area (TPSA) is 47.4 Å². The Morgan fingerprint density at radius 2 is 1.84 bits per heavy atom. The number of hydrogen-bond acceptors (Lipinski definition) is 3. The highest BCUT2D eigenvalue weighted by Crippen LogP contribution is 2.37. The van der Waals surface area contributed by atoms with Gasteiger partial charge in [-0.15, -0.1) is 0 Å². The highest BCUT2D eigenvalue weighted by molar-refractivity contribution is 6.31. The van der Waals surface area contributed by atoms with Crippen molar-refractivity contribution in [2.75, 3.05) is 6.61 Å². The first-order valence-corrected chi connectivity index (χ1v) is 11.4. The fourth-order valence-corrected chi connectivity index (χ4v) is 5.16. The number of hydroxylamine groups is 2. The summed E-state index contributed by atoms with van der Waals surface area (Å²) < 4.78 is 29.5. The Kier molecular flexibility index (Phi) is 5.86. The Labute approximate surface area is 189 Å². The SMILES string of the molecule is O=C([C@H]1CC[C@H](Cn2ccc3ncc(Cl)cc32)CC1)N1OCC[C@H]1c1cc(F)cc(F)c1. The first-order chi connectivity index (χ1) is 15.5. The number of benzene rings is 1. The largest absolute Gasteiger partial charge is 0.346 e. The summed E-state index contributed by atoms with van der Waals surface area (Å²) in [6.07, 6.45) is 7.61. The predicted octanol–water partition coefficient (Wildman–Crippen LogP) is 5.68. The molecule has 5 nitrogen and oxygen atoms in total. The van der Waals surface area contributed by atoms with Crippen LogP contribution in [0.3, 0.4) is 0 Å². The van der Waals surface area contributed by atoms with E-state index < -0.39 is 17.7 Å². The van der Waals surface area contributed by atoms with E-state index in [0.717, 1.165) is 49.3 Å². The molecule has 0 radical (unpaired) electrons. The number of pyridine rings is 1. The van der Waals surface area contributed by atoms with Gasteiger partial charge >= 0.3 is 0 Å². The van der Waals surface area contributed by atoms with Crippen LogP contribution in [0.25, 0.3) is 11.0 Å². The van der Waals surface area contributed by atoms with Crippen LogP contribution < -0.4 is 0 Å². The summed E-state index contributed by atoms with van der Waals surface area (Å²) in [6, 6.07) is 6.86. The molecule has 0 bridgehead atoms. The number of halogens is 3. The molecule has 5 rings (SSSR count). The monoisotopic (exact) mass is 459 g/mol. The van der Waals surface area contributed by atoms with Crippen LogP contribution in [0.2, 0.25) is 5.02 Å². The Morgan fingerprint density at radius 3 is 2.59 bits per heavy atom. The van der Waals surface area contributed by atoms with Crippen molar-refractivity contribution < 1.29 is 18.4 Å². The van der Waals surface area contributed by atoms with Crippen LogP contribution in [0.15, 0.2) is 42.7 Å². The molecule has 1 saturated carbocycles. The zero-order valence-electron chi connectivity index (χ0n) is 17.5. The van der Waals surface area contributed by atoms with Crippen molar-refractivity contribution in [3.8, 4) is 0 Å². The number of rotatable bonds is 4. The summed E-state index contributed by atoms with van der Waals surface area (Å²) in [5, 5.41) is 1.97. The molecule has 168 valence electrons. The second kappa shape index (κ2) is 8.79. The fourth-order valence-electron chi connectivity index (χ4n) is 5.00. The molecule has 32 heavy (non-hydrogen) atoms. The Balaban J connectivity index is 1.22. The molecule has 1 saturated heterocycles. The van der Waals surface area contributed by atoms with E-state index in [2.05, 4.69) is 9.55 Å². The number of carbonyl (C=O) groups excluding carboxylic acids is 1. The van der Waals surface area contributed by atoms with Crippen molar-refractivity contribution in [2.45, 2.75) is 44.7 Å². The van der Waals surface area contributed by atoms with Gasteiger partial charge in [0.1, 0.15) is 11.6 Å². The van der Waals surface area contributed by atoms with Gasteiger partial charge in [0.05, 0.1) is 28.7 Å². The predicted molar refractivity (Wildman–Crippen MR) is 117 cm³/mol. The highest BCUT2D eigenvalue weighted by atomic mass is 35.5. The van der Waals surface area contributed by atoms with Gasteiger partial charge in [-0.25, -0.2) is 13.8 Å². The molecule has 1 aromatic carbocycles. The number of carbonyl (C=O) groups is 1. The maximum Gasteiger partial charge on any atom is 0.249 e. The summed E-state index contributed by atoms with van der Waals surface area (Å²) in [7, 11) is 0. The number of hydrogen-bond donors (Lipinski definition) is 0. The maximum atomic E-state index is 13.7. The number of fused-ring (bicyclic) bond motifs is 1. The average Bonchev–Trinajstić information content (AvgIpc) is 3.41. The van der Waals surface area contributed by atoms with Crippen LogP contribution in [-0.4, -0.2) is 27.1 Å². The van der Waals surface area contributed by atoms with E-state index in [-0.39, 0.29) is 11.8 Å². The van der Waals surface area contributed by atoms with Crippen LogP contribution in [0.1, 0.15) is 43.7 Å². The Morgan fingerprint density at radius 1 is 1.09 bits per heavy atom. The van der Waals surface area contributed by atoms with Crippen molar-refractivity contribution in [1.29, 1.82) is 0 Å². The minimum Gasteiger partial charge on any atom is -0.346 e. The summed E-state index contributed by atoms with van der Waals surface area (Å²) in [4.78, 5) is 23.1. The van der Waals surface area contributed by atoms with E-state index in [0.29, 0.717) is 29.5 Å². The van der Waals surface area contributed by atoms with Crippen LogP contribution in [0.4, 0.5) is 8.78 Å². The zero-order valence-corrected chi connectivity index (χ0v) is 18.3. The molecule has 3 heterocycles. The summed E-state index contributed by atoms with van der Waals surface area (Å²) in [6.45, 7) is 1.22. The number of aromatic nitrogens is 2. The lowest BCUT2D eigenvalue weighted by molar-refractivity contribution is -0.183. The van der Waals surface area contributed by atoms with Crippen molar-refractivity contribution in [1.82, 2.24) is 14.6 Å². The van der Waals surface area contributed by atoms with Gasteiger partial charge in [0.2, 0.25) is 5.91 Å². The summed E-state index contributed by atoms with van der Waals surface area (Å²) in [5.74, 6) is -1.05. The van der Waals surface area contributed by atoms with E-state index >= 15 is 0 Å². The molecule has 2 fully saturated rings. The van der Waals surface area contributed by atoms with Crippen LogP contribution >= 0.6 is 11.6 Å². The van der Waals surface area contributed by atoms with Crippen molar-refractivity contribution in [3.63, 3.8) is 0 Å². The Bertz CT molecular complexity index is 1120. The van der Waals surface area contributed by atoms with Crippen molar-refractivity contribution in [2.24, 2.45) is 11.8 Å². The molecular formula is C24H24ClF2N3O2. The third-order valence-corrected chi connectivity index (χ3v) is 6.83. The molecule has 2 aliphatic rings. The fraction of sp³-hybridized carbons (Fsp3) is 0.417. The molecule has 3 aromatic rings. The van der Waals surface area contributed by atoms with Gasteiger partial charge in [0.15, 0.2) is 0 Å². The lowest BCUT2D eigenvalue weighted by atomic mass is 9.81. The molecule has 0 unspecified atom stereocenters. The molecule has 1 atom stereocenters. The van der Waals surface area contributed by atoms with Crippen molar-refractivity contribution in [3.05, 3.63) is 64.9 Å². The van der Waals surface area contributed by atoms with E-state index in [1.54, 1.807) is 6.20 Å². The van der Waals surface area contributed by atoms with Crippen LogP contribution in [-0.2, 0) is 16.2 Å². The van der Waals surface area contributed by atoms with Gasteiger partial charge in [-0.1, -0.05) is 11.6 Å². The third-order valence-electron chi connectivity index (χ3n) is 6.63. The Hall–Kier alpha value is -2.51. The van der Waals surface area contributed by atoms with Gasteiger partial charge in [-0.05, 0) is 61.4 Å². The minimum absolute atomic E-state index is 0.0852. The first kappa shape index (κ1) is 21.3. The molecule has 1 aliphatic heterocycles. The standard InChI is InChI=1S/C24H24ClF2N3O2/c25-18-11-23-21(28-13-18)5-7-29(23)14-15-1-3-16(4-2-15)24(31)30-22(6-8-32-30)17-9-19(26)12-20(27)10-17/h5,7,9-13,15-16,22H,1-4,6,8,14H2/t15-,16-,22-/m0/s1. The third kappa shape index (κ3) is 4.24. The van der Waals surface area contributed by atoms with E-state index in [9.17, 15) is 13.6 Å². The second-order valence-corrected chi connectivity index (χ2v) is 9.18. The van der Waals surface area contributed by atoms with Gasteiger partial charge in [0, 0.05) is 37.3 Å². The molecule has 8 heteroatoms. The van der Waals surface area contributed by atoms with Gasteiger partial charge in [0.25, 0.3) is 0 Å².